The molecule has 1 heterocycles. The number of carbonyl (C=O) groups excluding carboxylic acids is 3. The highest BCUT2D eigenvalue weighted by Crippen LogP contribution is 2.33. The van der Waals surface area contributed by atoms with Gasteiger partial charge in [0.2, 0.25) is 11.8 Å². The van der Waals surface area contributed by atoms with Crippen LogP contribution in [0.4, 0.5) is 0 Å². The largest absolute Gasteiger partial charge is 0.467 e. The number of ether oxygens (including phenoxy) is 1. The molecule has 3 atom stereocenters. The standard InChI is InChI=1S/C16H27N3O4/c1-16(2)8-10(13(20)19-16)7-12(15(22)23-3)18-14(21)11(17)6-9-4-5-9/h9-12H,4-8,17H2,1-3H3,(H,18,21)(H,19,20)/t10-,11+,12+/m1/s1. The lowest BCUT2D eigenvalue weighted by Gasteiger charge is -2.21. The smallest absolute Gasteiger partial charge is 0.328 e. The first-order valence-electron chi connectivity index (χ1n) is 8.17. The van der Waals surface area contributed by atoms with Crippen LogP contribution in [0.5, 0.6) is 0 Å². The molecule has 1 aliphatic heterocycles. The summed E-state index contributed by atoms with van der Waals surface area (Å²) in [5.41, 5.74) is 5.59. The van der Waals surface area contributed by atoms with Crippen molar-refractivity contribution in [1.29, 1.82) is 0 Å². The Morgan fingerprint density at radius 1 is 1.39 bits per heavy atom. The Kier molecular flexibility index (Phi) is 5.29. The van der Waals surface area contributed by atoms with E-state index in [0.29, 0.717) is 18.8 Å². The number of hydrogen-bond acceptors (Lipinski definition) is 5. The molecule has 0 aromatic rings. The summed E-state index contributed by atoms with van der Waals surface area (Å²) in [5.74, 6) is -0.803. The molecule has 0 unspecified atom stereocenters. The van der Waals surface area contributed by atoms with Crippen molar-refractivity contribution in [3.8, 4) is 0 Å². The Balaban J connectivity index is 1.95. The van der Waals surface area contributed by atoms with E-state index in [0.717, 1.165) is 12.8 Å². The molecule has 4 N–H and O–H groups in total. The van der Waals surface area contributed by atoms with E-state index in [1.807, 2.05) is 13.8 Å². The minimum absolute atomic E-state index is 0.0968. The van der Waals surface area contributed by atoms with Crippen molar-refractivity contribution in [1.82, 2.24) is 10.6 Å². The second kappa shape index (κ2) is 6.86. The molecule has 7 nitrogen and oxygen atoms in total. The average Bonchev–Trinajstić information content (AvgIpc) is 3.23. The van der Waals surface area contributed by atoms with E-state index in [1.54, 1.807) is 0 Å². The lowest BCUT2D eigenvalue weighted by Crippen LogP contribution is -2.49. The number of amides is 2. The fraction of sp³-hybridized carbons (Fsp3) is 0.812. The number of nitrogens with two attached hydrogens (primary N) is 1. The SMILES string of the molecule is COC(=O)[C@H](C[C@@H]1CC(C)(C)NC1=O)NC(=O)[C@@H](N)CC1CC1. The van der Waals surface area contributed by atoms with E-state index in [1.165, 1.54) is 7.11 Å². The topological polar surface area (TPSA) is 111 Å². The van der Waals surface area contributed by atoms with E-state index in [4.69, 9.17) is 10.5 Å². The number of esters is 1. The first kappa shape index (κ1) is 17.7. The average molecular weight is 325 g/mol. The van der Waals surface area contributed by atoms with Gasteiger partial charge < -0.3 is 21.1 Å². The van der Waals surface area contributed by atoms with Gasteiger partial charge in [0.25, 0.3) is 0 Å². The number of hydrogen-bond donors (Lipinski definition) is 3. The second-order valence-corrected chi connectivity index (χ2v) is 7.38. The van der Waals surface area contributed by atoms with Crippen molar-refractivity contribution in [2.45, 2.75) is 63.6 Å². The van der Waals surface area contributed by atoms with Gasteiger partial charge in [-0.3, -0.25) is 9.59 Å². The van der Waals surface area contributed by atoms with Crippen LogP contribution < -0.4 is 16.4 Å². The van der Waals surface area contributed by atoms with Gasteiger partial charge in [-0.25, -0.2) is 4.79 Å². The second-order valence-electron chi connectivity index (χ2n) is 7.38. The van der Waals surface area contributed by atoms with Crippen LogP contribution in [0.2, 0.25) is 0 Å². The van der Waals surface area contributed by atoms with E-state index < -0.39 is 18.1 Å². The van der Waals surface area contributed by atoms with Gasteiger partial charge in [0.15, 0.2) is 0 Å². The normalized spacial score (nSPS) is 25.4. The molecule has 2 rings (SSSR count). The maximum Gasteiger partial charge on any atom is 0.328 e. The van der Waals surface area contributed by atoms with Crippen molar-refractivity contribution in [3.63, 3.8) is 0 Å². The van der Waals surface area contributed by atoms with Crippen LogP contribution in [0.3, 0.4) is 0 Å². The van der Waals surface area contributed by atoms with Gasteiger partial charge in [-0.2, -0.15) is 0 Å². The quantitative estimate of drug-likeness (QED) is 0.574. The molecule has 1 aliphatic carbocycles. The van der Waals surface area contributed by atoms with Crippen LogP contribution in [-0.2, 0) is 19.1 Å². The number of nitrogens with one attached hydrogen (secondary N) is 2. The van der Waals surface area contributed by atoms with Crippen molar-refractivity contribution in [2.75, 3.05) is 7.11 Å². The summed E-state index contributed by atoms with van der Waals surface area (Å²) < 4.78 is 4.76. The third-order valence-electron chi connectivity index (χ3n) is 4.53. The van der Waals surface area contributed by atoms with Gasteiger partial charge in [-0.1, -0.05) is 12.8 Å². The van der Waals surface area contributed by atoms with Gasteiger partial charge in [0.05, 0.1) is 13.2 Å². The predicted octanol–water partition coefficient (Wildman–Crippen LogP) is 0.0764. The van der Waals surface area contributed by atoms with E-state index in [9.17, 15) is 14.4 Å². The molecular formula is C16H27N3O4. The predicted molar refractivity (Wildman–Crippen MR) is 84.2 cm³/mol. The highest BCUT2D eigenvalue weighted by Gasteiger charge is 2.40. The van der Waals surface area contributed by atoms with Crippen LogP contribution in [-0.4, -0.2) is 42.5 Å². The molecule has 2 aliphatic rings. The fourth-order valence-corrected chi connectivity index (χ4v) is 3.12. The minimum Gasteiger partial charge on any atom is -0.467 e. The molecule has 0 aromatic heterocycles. The first-order valence-corrected chi connectivity index (χ1v) is 8.17. The summed E-state index contributed by atoms with van der Waals surface area (Å²) in [6.07, 6.45) is 3.70. The third kappa shape index (κ3) is 4.92. The molecule has 1 saturated carbocycles. The number of carbonyl (C=O) groups is 3. The Bertz CT molecular complexity index is 488. The Morgan fingerprint density at radius 3 is 2.52 bits per heavy atom. The van der Waals surface area contributed by atoms with Gasteiger partial charge in [0, 0.05) is 11.5 Å². The molecule has 2 amide bonds. The Morgan fingerprint density at radius 2 is 2.04 bits per heavy atom. The summed E-state index contributed by atoms with van der Waals surface area (Å²) in [5, 5.41) is 5.54. The van der Waals surface area contributed by atoms with Crippen molar-refractivity contribution < 1.29 is 19.1 Å². The molecule has 130 valence electrons. The third-order valence-corrected chi connectivity index (χ3v) is 4.53. The van der Waals surface area contributed by atoms with Gasteiger partial charge in [0.1, 0.15) is 6.04 Å². The molecule has 0 bridgehead atoms. The maximum atomic E-state index is 12.2. The van der Waals surface area contributed by atoms with Crippen molar-refractivity contribution >= 4 is 17.8 Å². The highest BCUT2D eigenvalue weighted by atomic mass is 16.5. The van der Waals surface area contributed by atoms with Gasteiger partial charge in [-0.15, -0.1) is 0 Å². The van der Waals surface area contributed by atoms with E-state index in [2.05, 4.69) is 10.6 Å². The molecule has 0 spiro atoms. The van der Waals surface area contributed by atoms with Crippen molar-refractivity contribution in [2.24, 2.45) is 17.6 Å². The number of methoxy groups -OCH3 is 1. The molecule has 0 aromatic carbocycles. The number of rotatable bonds is 7. The summed E-state index contributed by atoms with van der Waals surface area (Å²) in [6.45, 7) is 3.87. The van der Waals surface area contributed by atoms with Gasteiger partial charge >= 0.3 is 5.97 Å². The molecule has 23 heavy (non-hydrogen) atoms. The lowest BCUT2D eigenvalue weighted by atomic mass is 9.91. The maximum absolute atomic E-state index is 12.2. The zero-order valence-corrected chi connectivity index (χ0v) is 14.1. The monoisotopic (exact) mass is 325 g/mol. The van der Waals surface area contributed by atoms with E-state index >= 15 is 0 Å². The molecule has 7 heteroatoms. The van der Waals surface area contributed by atoms with Crippen LogP contribution in [0.1, 0.15) is 46.0 Å². The summed E-state index contributed by atoms with van der Waals surface area (Å²) in [6, 6.07) is -1.47. The van der Waals surface area contributed by atoms with E-state index in [-0.39, 0.29) is 29.7 Å². The van der Waals surface area contributed by atoms with Crippen molar-refractivity contribution in [3.05, 3.63) is 0 Å². The Labute approximate surface area is 136 Å². The lowest BCUT2D eigenvalue weighted by molar-refractivity contribution is -0.146. The molecule has 1 saturated heterocycles. The fourth-order valence-electron chi connectivity index (χ4n) is 3.12. The zero-order valence-electron chi connectivity index (χ0n) is 14.1. The van der Waals surface area contributed by atoms with Crippen LogP contribution >= 0.6 is 0 Å². The van der Waals surface area contributed by atoms with Crippen LogP contribution in [0, 0.1) is 11.8 Å². The summed E-state index contributed by atoms with van der Waals surface area (Å²) >= 11 is 0. The molecular weight excluding hydrogens is 298 g/mol. The zero-order chi connectivity index (χ0) is 17.2. The first-order chi connectivity index (χ1) is 10.7. The Hall–Kier alpha value is -1.63. The van der Waals surface area contributed by atoms with Gasteiger partial charge in [-0.05, 0) is 39.0 Å². The summed E-state index contributed by atoms with van der Waals surface area (Å²) in [4.78, 5) is 36.1. The molecule has 2 fully saturated rings. The summed E-state index contributed by atoms with van der Waals surface area (Å²) in [7, 11) is 1.27. The van der Waals surface area contributed by atoms with Crippen LogP contribution in [0.15, 0.2) is 0 Å². The van der Waals surface area contributed by atoms with Crippen LogP contribution in [0.25, 0.3) is 0 Å². The highest BCUT2D eigenvalue weighted by molar-refractivity contribution is 5.88. The minimum atomic E-state index is -0.845. The molecule has 0 radical (unpaired) electrons.